The molecule has 2 aromatic carbocycles. The van der Waals surface area contributed by atoms with Gasteiger partial charge in [0.15, 0.2) is 9.84 Å². The number of carbonyl (C=O) groups is 1. The summed E-state index contributed by atoms with van der Waals surface area (Å²) in [6.45, 7) is 3.88. The molecule has 0 saturated heterocycles. The smallest absolute Gasteiger partial charge is 0.239 e. The maximum atomic E-state index is 12.2. The van der Waals surface area contributed by atoms with Gasteiger partial charge in [0.05, 0.1) is 17.4 Å². The second-order valence-corrected chi connectivity index (χ2v) is 7.75. The largest absolute Gasteiger partial charge is 0.325 e. The Morgan fingerprint density at radius 2 is 1.75 bits per heavy atom. The van der Waals surface area contributed by atoms with E-state index in [1.807, 2.05) is 26.0 Å². The van der Waals surface area contributed by atoms with Crippen molar-refractivity contribution in [3.05, 3.63) is 64.7 Å². The average Bonchev–Trinajstić information content (AvgIpc) is 2.50. The van der Waals surface area contributed by atoms with Gasteiger partial charge in [0.1, 0.15) is 5.75 Å². The fraction of sp³-hybridized carbons (Fsp3) is 0.222. The van der Waals surface area contributed by atoms with Crippen LogP contribution in [0.5, 0.6) is 0 Å². The molecule has 0 spiro atoms. The average molecular weight is 342 g/mol. The lowest BCUT2D eigenvalue weighted by Gasteiger charge is -2.08. The molecule has 24 heavy (non-hydrogen) atoms. The molecule has 0 aliphatic heterocycles. The van der Waals surface area contributed by atoms with Gasteiger partial charge >= 0.3 is 0 Å². The van der Waals surface area contributed by atoms with Gasteiger partial charge in [-0.05, 0) is 54.8 Å². The number of nitriles is 1. The van der Waals surface area contributed by atoms with Crippen LogP contribution in [0.3, 0.4) is 0 Å². The predicted octanol–water partition coefficient (Wildman–Crippen LogP) is 2.73. The fourth-order valence-corrected chi connectivity index (χ4v) is 3.47. The van der Waals surface area contributed by atoms with Crippen molar-refractivity contribution in [2.45, 2.75) is 19.6 Å². The second-order valence-electron chi connectivity index (χ2n) is 5.69. The molecule has 2 aromatic rings. The molecule has 0 aliphatic carbocycles. The third-order valence-corrected chi connectivity index (χ3v) is 5.09. The Labute approximate surface area is 141 Å². The van der Waals surface area contributed by atoms with Crippen molar-refractivity contribution < 1.29 is 13.2 Å². The van der Waals surface area contributed by atoms with E-state index in [0.29, 0.717) is 16.8 Å². The monoisotopic (exact) mass is 342 g/mol. The van der Waals surface area contributed by atoms with Crippen LogP contribution in [0.1, 0.15) is 22.3 Å². The minimum Gasteiger partial charge on any atom is -0.325 e. The van der Waals surface area contributed by atoms with Gasteiger partial charge < -0.3 is 5.32 Å². The summed E-state index contributed by atoms with van der Waals surface area (Å²) in [6.07, 6.45) is 0. The van der Waals surface area contributed by atoms with E-state index in [0.717, 1.165) is 11.1 Å². The van der Waals surface area contributed by atoms with E-state index in [4.69, 9.17) is 5.26 Å². The molecule has 0 heterocycles. The minimum atomic E-state index is -3.59. The molecule has 0 fully saturated rings. The normalized spacial score (nSPS) is 10.9. The van der Waals surface area contributed by atoms with E-state index in [2.05, 4.69) is 5.32 Å². The Morgan fingerprint density at radius 3 is 2.33 bits per heavy atom. The molecule has 0 saturated carbocycles. The molecule has 2 rings (SSSR count). The predicted molar refractivity (Wildman–Crippen MR) is 93.2 cm³/mol. The number of nitrogens with zero attached hydrogens (tertiary/aromatic N) is 1. The molecule has 0 aromatic heterocycles. The van der Waals surface area contributed by atoms with Crippen molar-refractivity contribution in [3.63, 3.8) is 0 Å². The molecule has 0 atom stereocenters. The summed E-state index contributed by atoms with van der Waals surface area (Å²) in [7, 11) is -3.59. The number of rotatable bonds is 5. The number of hydrogen-bond donors (Lipinski definition) is 1. The summed E-state index contributed by atoms with van der Waals surface area (Å²) in [6, 6.07) is 13.7. The van der Waals surface area contributed by atoms with Crippen molar-refractivity contribution in [2.24, 2.45) is 0 Å². The maximum Gasteiger partial charge on any atom is 0.239 e. The molecule has 0 bridgehead atoms. The minimum absolute atomic E-state index is 0.237. The summed E-state index contributed by atoms with van der Waals surface area (Å²) in [5.74, 6) is -1.38. The van der Waals surface area contributed by atoms with E-state index in [1.165, 1.54) is 0 Å². The molecule has 0 unspecified atom stereocenters. The lowest BCUT2D eigenvalue weighted by molar-refractivity contribution is -0.113. The first kappa shape index (κ1) is 17.7. The summed E-state index contributed by atoms with van der Waals surface area (Å²) in [5, 5.41) is 11.3. The molecule has 6 heteroatoms. The first-order valence-corrected chi connectivity index (χ1v) is 9.18. The topological polar surface area (TPSA) is 87.0 Å². The van der Waals surface area contributed by atoms with Gasteiger partial charge in [-0.3, -0.25) is 4.79 Å². The number of benzene rings is 2. The molecular weight excluding hydrogens is 324 g/mol. The van der Waals surface area contributed by atoms with Crippen LogP contribution in [0.15, 0.2) is 42.5 Å². The lowest BCUT2D eigenvalue weighted by Crippen LogP contribution is -2.24. The Bertz CT molecular complexity index is 895. The first-order chi connectivity index (χ1) is 11.3. The zero-order valence-corrected chi connectivity index (χ0v) is 14.4. The highest BCUT2D eigenvalue weighted by Gasteiger charge is 2.17. The third-order valence-electron chi connectivity index (χ3n) is 3.61. The number of hydrogen-bond acceptors (Lipinski definition) is 4. The third kappa shape index (κ3) is 4.93. The highest BCUT2D eigenvalue weighted by Crippen LogP contribution is 2.15. The van der Waals surface area contributed by atoms with Crippen LogP contribution in [0.25, 0.3) is 0 Å². The van der Waals surface area contributed by atoms with Gasteiger partial charge in [-0.25, -0.2) is 8.42 Å². The Morgan fingerprint density at radius 1 is 1.08 bits per heavy atom. The Hall–Kier alpha value is -2.65. The number of sulfone groups is 1. The van der Waals surface area contributed by atoms with Gasteiger partial charge in [0, 0.05) is 5.69 Å². The SMILES string of the molecule is Cc1ccc(NC(=O)CS(=O)(=O)Cc2ccc(C#N)cc2)cc1C. The number of amides is 1. The van der Waals surface area contributed by atoms with Gasteiger partial charge in [-0.1, -0.05) is 18.2 Å². The molecule has 1 N–H and O–H groups in total. The number of nitrogens with one attached hydrogen (secondary N) is 1. The van der Waals surface area contributed by atoms with Crippen LogP contribution < -0.4 is 5.32 Å². The fourth-order valence-electron chi connectivity index (χ4n) is 2.20. The zero-order valence-electron chi connectivity index (χ0n) is 13.5. The second kappa shape index (κ2) is 7.28. The molecule has 0 aliphatic rings. The van der Waals surface area contributed by atoms with E-state index in [1.54, 1.807) is 36.4 Å². The van der Waals surface area contributed by atoms with Gasteiger partial charge in [0.25, 0.3) is 0 Å². The highest BCUT2D eigenvalue weighted by atomic mass is 32.2. The van der Waals surface area contributed by atoms with E-state index in [9.17, 15) is 13.2 Å². The highest BCUT2D eigenvalue weighted by molar-refractivity contribution is 7.91. The van der Waals surface area contributed by atoms with Crippen molar-refractivity contribution in [1.29, 1.82) is 5.26 Å². The lowest BCUT2D eigenvalue weighted by atomic mass is 10.1. The zero-order chi connectivity index (χ0) is 17.7. The number of aryl methyl sites for hydroxylation is 2. The number of anilines is 1. The summed E-state index contributed by atoms with van der Waals surface area (Å²) >= 11 is 0. The summed E-state index contributed by atoms with van der Waals surface area (Å²) in [5.41, 5.74) is 3.71. The Kier molecular flexibility index (Phi) is 5.37. The van der Waals surface area contributed by atoms with Crippen LogP contribution in [-0.4, -0.2) is 20.1 Å². The molecule has 5 nitrogen and oxygen atoms in total. The van der Waals surface area contributed by atoms with Gasteiger partial charge in [-0.15, -0.1) is 0 Å². The van der Waals surface area contributed by atoms with E-state index >= 15 is 0 Å². The van der Waals surface area contributed by atoms with Crippen LogP contribution in [0.2, 0.25) is 0 Å². The van der Waals surface area contributed by atoms with Crippen LogP contribution in [-0.2, 0) is 20.4 Å². The van der Waals surface area contributed by atoms with Crippen molar-refractivity contribution in [2.75, 3.05) is 11.1 Å². The van der Waals surface area contributed by atoms with Crippen LogP contribution in [0.4, 0.5) is 5.69 Å². The maximum absolute atomic E-state index is 12.2. The van der Waals surface area contributed by atoms with E-state index in [-0.39, 0.29) is 5.75 Å². The van der Waals surface area contributed by atoms with Crippen molar-refractivity contribution >= 4 is 21.4 Å². The Balaban J connectivity index is 2.00. The van der Waals surface area contributed by atoms with Crippen LogP contribution >= 0.6 is 0 Å². The molecule has 124 valence electrons. The standard InChI is InChI=1S/C18H18N2O3S/c1-13-3-8-17(9-14(13)2)20-18(21)12-24(22,23)11-16-6-4-15(10-19)5-7-16/h3-9H,11-12H2,1-2H3,(H,20,21). The van der Waals surface area contributed by atoms with Gasteiger partial charge in [0.2, 0.25) is 5.91 Å². The molecular formula is C18H18N2O3S. The van der Waals surface area contributed by atoms with Crippen molar-refractivity contribution in [3.8, 4) is 6.07 Å². The van der Waals surface area contributed by atoms with Crippen molar-refractivity contribution in [1.82, 2.24) is 0 Å². The van der Waals surface area contributed by atoms with Crippen LogP contribution in [0, 0.1) is 25.2 Å². The summed E-state index contributed by atoms with van der Waals surface area (Å²) < 4.78 is 24.3. The van der Waals surface area contributed by atoms with Gasteiger partial charge in [-0.2, -0.15) is 5.26 Å². The first-order valence-electron chi connectivity index (χ1n) is 7.35. The summed E-state index contributed by atoms with van der Waals surface area (Å²) in [4.78, 5) is 12.0. The quantitative estimate of drug-likeness (QED) is 0.905. The number of carbonyl (C=O) groups excluding carboxylic acids is 1. The molecule has 0 radical (unpaired) electrons. The van der Waals surface area contributed by atoms with E-state index < -0.39 is 21.5 Å². The molecule has 1 amide bonds.